The van der Waals surface area contributed by atoms with Gasteiger partial charge in [-0.3, -0.25) is 18.5 Å². The summed E-state index contributed by atoms with van der Waals surface area (Å²) in [4.78, 5) is 25.1. The van der Waals surface area contributed by atoms with E-state index in [1.54, 1.807) is 41.8 Å². The van der Waals surface area contributed by atoms with E-state index >= 15 is 0 Å². The highest BCUT2D eigenvalue weighted by Crippen LogP contribution is 2.25. The zero-order valence-electron chi connectivity index (χ0n) is 17.4. The molecule has 0 aliphatic heterocycles. The van der Waals surface area contributed by atoms with Gasteiger partial charge in [-0.15, -0.1) is 0 Å². The molecular weight excluding hydrogens is 422 g/mol. The summed E-state index contributed by atoms with van der Waals surface area (Å²) in [5, 5.41) is 2.82. The number of aromatic nitrogens is 1. The Morgan fingerprint density at radius 3 is 2.40 bits per heavy atom. The molecular formula is C21H25N3O4S2. The number of carbonyl (C=O) groups excluding carboxylic acids is 1. The maximum absolute atomic E-state index is 13.1. The van der Waals surface area contributed by atoms with Crippen molar-refractivity contribution in [1.29, 1.82) is 0 Å². The Balaban J connectivity index is 1.93. The van der Waals surface area contributed by atoms with E-state index in [2.05, 4.69) is 5.32 Å². The van der Waals surface area contributed by atoms with Crippen molar-refractivity contribution in [3.8, 4) is 0 Å². The number of sulfonamides is 1. The molecule has 30 heavy (non-hydrogen) atoms. The summed E-state index contributed by atoms with van der Waals surface area (Å²) in [7, 11) is -3.69. The fourth-order valence-electron chi connectivity index (χ4n) is 3.42. The Morgan fingerprint density at radius 2 is 1.83 bits per heavy atom. The van der Waals surface area contributed by atoms with Crippen LogP contribution in [0.4, 0.5) is 11.4 Å². The molecule has 1 unspecified atom stereocenters. The van der Waals surface area contributed by atoms with Crippen molar-refractivity contribution in [1.82, 2.24) is 4.57 Å². The van der Waals surface area contributed by atoms with Crippen LogP contribution in [0, 0.1) is 6.92 Å². The van der Waals surface area contributed by atoms with E-state index in [9.17, 15) is 18.0 Å². The lowest BCUT2D eigenvalue weighted by molar-refractivity contribution is -0.117. The third-order valence-electron chi connectivity index (χ3n) is 4.87. The molecule has 7 nitrogen and oxygen atoms in total. The molecule has 9 heteroatoms. The van der Waals surface area contributed by atoms with E-state index in [-0.39, 0.29) is 4.87 Å². The van der Waals surface area contributed by atoms with Gasteiger partial charge in [-0.25, -0.2) is 8.42 Å². The van der Waals surface area contributed by atoms with Gasteiger partial charge in [0.25, 0.3) is 0 Å². The van der Waals surface area contributed by atoms with E-state index in [4.69, 9.17) is 0 Å². The van der Waals surface area contributed by atoms with Crippen molar-refractivity contribution >= 4 is 48.9 Å². The number of benzene rings is 2. The van der Waals surface area contributed by atoms with Gasteiger partial charge in [-0.05, 0) is 50.6 Å². The molecule has 0 aliphatic carbocycles. The summed E-state index contributed by atoms with van der Waals surface area (Å²) in [5.41, 5.74) is 2.78. The fraction of sp³-hybridized carbons (Fsp3) is 0.333. The first-order valence-electron chi connectivity index (χ1n) is 9.66. The molecule has 0 saturated heterocycles. The van der Waals surface area contributed by atoms with Crippen LogP contribution >= 0.6 is 11.3 Å². The quantitative estimate of drug-likeness (QED) is 0.600. The second-order valence-electron chi connectivity index (χ2n) is 7.10. The average molecular weight is 448 g/mol. The van der Waals surface area contributed by atoms with Gasteiger partial charge >= 0.3 is 4.87 Å². The van der Waals surface area contributed by atoms with E-state index < -0.39 is 22.0 Å². The van der Waals surface area contributed by atoms with Gasteiger partial charge in [0.2, 0.25) is 15.9 Å². The molecule has 160 valence electrons. The molecule has 0 aliphatic rings. The number of hydrogen-bond donors (Lipinski definition) is 1. The third kappa shape index (κ3) is 4.41. The van der Waals surface area contributed by atoms with E-state index in [0.29, 0.717) is 24.3 Å². The molecule has 3 rings (SSSR count). The van der Waals surface area contributed by atoms with Crippen molar-refractivity contribution in [2.24, 2.45) is 0 Å². The SMILES string of the molecule is CCC(C(=O)Nc1ccc2c(c1)sc(=O)n2CC)N(c1ccc(C)cc1)S(C)(=O)=O. The van der Waals surface area contributed by atoms with Gasteiger partial charge in [-0.1, -0.05) is 36.0 Å². The van der Waals surface area contributed by atoms with Crippen LogP contribution in [-0.2, 0) is 21.4 Å². The van der Waals surface area contributed by atoms with E-state index in [0.717, 1.165) is 37.7 Å². The summed E-state index contributed by atoms with van der Waals surface area (Å²) in [6.07, 6.45) is 1.40. The lowest BCUT2D eigenvalue weighted by Gasteiger charge is -2.30. The van der Waals surface area contributed by atoms with Crippen molar-refractivity contribution in [3.63, 3.8) is 0 Å². The van der Waals surface area contributed by atoms with Gasteiger partial charge in [0, 0.05) is 12.2 Å². The van der Waals surface area contributed by atoms with E-state index in [1.807, 2.05) is 26.0 Å². The number of aryl methyl sites for hydroxylation is 2. The van der Waals surface area contributed by atoms with Gasteiger partial charge in [-0.2, -0.15) is 0 Å². The molecule has 1 amide bonds. The van der Waals surface area contributed by atoms with Crippen LogP contribution in [0.15, 0.2) is 47.3 Å². The Labute approximate surface area is 180 Å². The minimum absolute atomic E-state index is 0.0509. The van der Waals surface area contributed by atoms with Crippen LogP contribution in [0.2, 0.25) is 0 Å². The number of nitrogens with one attached hydrogen (secondary N) is 1. The lowest BCUT2D eigenvalue weighted by atomic mass is 10.1. The summed E-state index contributed by atoms with van der Waals surface area (Å²) >= 11 is 1.12. The standard InChI is InChI=1S/C21H25N3O4S2/c1-5-17(24(30(4,27)28)16-10-7-14(3)8-11-16)20(25)22-15-9-12-18-19(13-15)29-21(26)23(18)6-2/h7-13,17H,5-6H2,1-4H3,(H,22,25). The van der Waals surface area contributed by atoms with Gasteiger partial charge in [0.1, 0.15) is 6.04 Å². The first kappa shape index (κ1) is 22.0. The Kier molecular flexibility index (Phi) is 6.33. The number of rotatable bonds is 7. The number of amides is 1. The maximum atomic E-state index is 13.1. The van der Waals surface area contributed by atoms with Gasteiger partial charge in [0.15, 0.2) is 0 Å². The molecule has 1 heterocycles. The monoisotopic (exact) mass is 447 g/mol. The average Bonchev–Trinajstić information content (AvgIpc) is 3.00. The van der Waals surface area contributed by atoms with Crippen LogP contribution < -0.4 is 14.5 Å². The number of hydrogen-bond acceptors (Lipinski definition) is 5. The molecule has 0 fully saturated rings. The van der Waals surface area contributed by atoms with Crippen LogP contribution in [0.1, 0.15) is 25.8 Å². The van der Waals surface area contributed by atoms with Gasteiger partial charge < -0.3 is 5.32 Å². The second-order valence-corrected chi connectivity index (χ2v) is 9.96. The first-order chi connectivity index (χ1) is 14.2. The number of carbonyl (C=O) groups is 1. The van der Waals surface area contributed by atoms with Crippen molar-refractivity contribution < 1.29 is 13.2 Å². The van der Waals surface area contributed by atoms with Crippen molar-refractivity contribution in [2.75, 3.05) is 15.9 Å². The zero-order chi connectivity index (χ0) is 22.1. The molecule has 0 radical (unpaired) electrons. The minimum atomic E-state index is -3.69. The van der Waals surface area contributed by atoms with Gasteiger partial charge in [0.05, 0.1) is 22.2 Å². The second kappa shape index (κ2) is 8.61. The fourth-order valence-corrected chi connectivity index (χ4v) is 5.63. The lowest BCUT2D eigenvalue weighted by Crippen LogP contribution is -2.47. The molecule has 0 saturated carbocycles. The summed E-state index contributed by atoms with van der Waals surface area (Å²) in [6, 6.07) is 11.4. The molecule has 2 aromatic carbocycles. The molecule has 0 bridgehead atoms. The van der Waals surface area contributed by atoms with E-state index in [1.165, 1.54) is 0 Å². The van der Waals surface area contributed by atoms with Crippen molar-refractivity contribution in [3.05, 3.63) is 57.7 Å². The van der Waals surface area contributed by atoms with Crippen molar-refractivity contribution in [2.45, 2.75) is 39.8 Å². The summed E-state index contributed by atoms with van der Waals surface area (Å²) < 4.78 is 28.7. The normalized spacial score (nSPS) is 12.7. The number of thiazole rings is 1. The topological polar surface area (TPSA) is 88.5 Å². The largest absolute Gasteiger partial charge is 0.324 e. The highest BCUT2D eigenvalue weighted by Gasteiger charge is 2.31. The maximum Gasteiger partial charge on any atom is 0.308 e. The van der Waals surface area contributed by atoms with Crippen LogP contribution in [0.3, 0.4) is 0 Å². The molecule has 1 atom stereocenters. The third-order valence-corrected chi connectivity index (χ3v) is 6.99. The van der Waals surface area contributed by atoms with Crippen LogP contribution in [0.25, 0.3) is 10.2 Å². The highest BCUT2D eigenvalue weighted by molar-refractivity contribution is 7.92. The molecule has 0 spiro atoms. The van der Waals surface area contributed by atoms with Crippen LogP contribution in [0.5, 0.6) is 0 Å². The zero-order valence-corrected chi connectivity index (χ0v) is 19.0. The predicted octanol–water partition coefficient (Wildman–Crippen LogP) is 3.57. The summed E-state index contributed by atoms with van der Waals surface area (Å²) in [6.45, 7) is 6.16. The highest BCUT2D eigenvalue weighted by atomic mass is 32.2. The molecule has 1 aromatic heterocycles. The first-order valence-corrected chi connectivity index (χ1v) is 12.3. The Morgan fingerprint density at radius 1 is 1.17 bits per heavy atom. The predicted molar refractivity (Wildman–Crippen MR) is 123 cm³/mol. The smallest absolute Gasteiger partial charge is 0.308 e. The molecule has 1 N–H and O–H groups in total. The number of nitrogens with zero attached hydrogens (tertiary/aromatic N) is 2. The summed E-state index contributed by atoms with van der Waals surface area (Å²) in [5.74, 6) is -0.426. The number of fused-ring (bicyclic) bond motifs is 1. The Bertz CT molecular complexity index is 1230. The van der Waals surface area contributed by atoms with Crippen LogP contribution in [-0.4, -0.2) is 31.2 Å². The Hall–Kier alpha value is -2.65. The minimum Gasteiger partial charge on any atom is -0.324 e. The number of anilines is 2. The molecule has 3 aromatic rings.